The lowest BCUT2D eigenvalue weighted by atomic mass is 9.77. The minimum absolute atomic E-state index is 0.207. The molecular formula is C27H32N8O. The van der Waals surface area contributed by atoms with E-state index in [0.29, 0.717) is 6.54 Å². The normalized spacial score (nSPS) is 16.4. The molecule has 5 rings (SSSR count). The van der Waals surface area contributed by atoms with Crippen molar-refractivity contribution < 1.29 is 4.74 Å². The first-order valence-corrected chi connectivity index (χ1v) is 12.4. The minimum Gasteiger partial charge on any atom is -0.494 e. The quantitative estimate of drug-likeness (QED) is 0.545. The maximum Gasteiger partial charge on any atom is 0.163 e. The van der Waals surface area contributed by atoms with Crippen LogP contribution in [0.1, 0.15) is 43.0 Å². The van der Waals surface area contributed by atoms with Crippen LogP contribution in [0.4, 0.5) is 11.5 Å². The van der Waals surface area contributed by atoms with Crippen LogP contribution in [0, 0.1) is 23.7 Å². The molecule has 0 radical (unpaired) electrons. The molecule has 0 bridgehead atoms. The fraction of sp³-hybridized carbons (Fsp3) is 0.407. The van der Waals surface area contributed by atoms with Gasteiger partial charge in [-0.25, -0.2) is 4.98 Å². The lowest BCUT2D eigenvalue weighted by Gasteiger charge is -2.39. The smallest absolute Gasteiger partial charge is 0.163 e. The number of benzene rings is 1. The Kier molecular flexibility index (Phi) is 6.27. The molecule has 2 aromatic heterocycles. The number of hydrazine groups is 1. The molecule has 1 aromatic carbocycles. The van der Waals surface area contributed by atoms with Crippen molar-refractivity contribution in [1.82, 2.24) is 24.8 Å². The molecule has 1 fully saturated rings. The van der Waals surface area contributed by atoms with E-state index in [4.69, 9.17) is 9.72 Å². The molecule has 0 amide bonds. The van der Waals surface area contributed by atoms with Gasteiger partial charge >= 0.3 is 0 Å². The van der Waals surface area contributed by atoms with Gasteiger partial charge in [0.1, 0.15) is 17.9 Å². The fourth-order valence-electron chi connectivity index (χ4n) is 5.06. The third-order valence-corrected chi connectivity index (χ3v) is 7.40. The zero-order valence-corrected chi connectivity index (χ0v) is 21.3. The molecule has 9 nitrogen and oxygen atoms in total. The number of nitrogens with zero attached hydrogens (tertiary/aromatic N) is 7. The molecule has 0 atom stereocenters. The van der Waals surface area contributed by atoms with Crippen LogP contribution in [0.5, 0.6) is 5.75 Å². The molecule has 1 N–H and O–H groups in total. The number of nitriles is 1. The van der Waals surface area contributed by atoms with Crippen LogP contribution in [-0.4, -0.2) is 45.0 Å². The van der Waals surface area contributed by atoms with E-state index in [9.17, 15) is 5.26 Å². The van der Waals surface area contributed by atoms with Crippen LogP contribution in [0.3, 0.4) is 0 Å². The summed E-state index contributed by atoms with van der Waals surface area (Å²) in [5, 5.41) is 19.9. The second kappa shape index (κ2) is 9.53. The largest absolute Gasteiger partial charge is 0.494 e. The number of rotatable bonds is 6. The number of pyridine rings is 1. The number of aryl methyl sites for hydroxylation is 2. The topological polar surface area (TPSA) is 95.1 Å². The lowest BCUT2D eigenvalue weighted by molar-refractivity contribution is 0.292. The summed E-state index contributed by atoms with van der Waals surface area (Å²) >= 11 is 0. The summed E-state index contributed by atoms with van der Waals surface area (Å²) in [5.41, 5.74) is 8.46. The molecule has 0 spiro atoms. The van der Waals surface area contributed by atoms with Crippen molar-refractivity contribution in [1.29, 1.82) is 5.26 Å². The van der Waals surface area contributed by atoms with Crippen molar-refractivity contribution in [3.63, 3.8) is 0 Å². The third-order valence-electron chi connectivity index (χ3n) is 7.40. The average Bonchev–Trinajstić information content (AvgIpc) is 3.34. The van der Waals surface area contributed by atoms with Gasteiger partial charge in [-0.2, -0.15) is 5.26 Å². The van der Waals surface area contributed by atoms with Crippen molar-refractivity contribution in [2.45, 2.75) is 39.7 Å². The number of fused-ring (bicyclic) bond motifs is 1. The predicted molar refractivity (Wildman–Crippen MR) is 140 cm³/mol. The highest BCUT2D eigenvalue weighted by Crippen LogP contribution is 2.38. The van der Waals surface area contributed by atoms with Crippen LogP contribution < -0.4 is 15.1 Å². The summed E-state index contributed by atoms with van der Waals surface area (Å²) in [6.45, 7) is 6.52. The Morgan fingerprint density at radius 2 is 2.03 bits per heavy atom. The van der Waals surface area contributed by atoms with Gasteiger partial charge < -0.3 is 14.2 Å². The standard InChI is InChI=1S/C27H32N8O/c1-5-27(17-28)9-12-34(13-10-27)26-22-16-35(11-8-20(22)14-19(2)30-26)32-23-7-6-21(15-24(23)36-4)25-31-29-18-33(25)3/h6-8,11,14-15,18,32H,5,9-10,12-13,16H2,1-4H3. The first-order chi connectivity index (χ1) is 17.4. The zero-order chi connectivity index (χ0) is 25.3. The van der Waals surface area contributed by atoms with Crippen LogP contribution in [0.15, 0.2) is 36.8 Å². The number of anilines is 2. The molecule has 0 unspecified atom stereocenters. The van der Waals surface area contributed by atoms with Crippen molar-refractivity contribution in [2.24, 2.45) is 12.5 Å². The number of nitrogens with one attached hydrogen (secondary N) is 1. The number of hydrogen-bond acceptors (Lipinski definition) is 8. The first-order valence-electron chi connectivity index (χ1n) is 12.4. The fourth-order valence-corrected chi connectivity index (χ4v) is 5.06. The summed E-state index contributed by atoms with van der Waals surface area (Å²) in [5.74, 6) is 2.52. The van der Waals surface area contributed by atoms with Crippen molar-refractivity contribution in [3.05, 3.63) is 53.6 Å². The van der Waals surface area contributed by atoms with Gasteiger partial charge in [0.25, 0.3) is 0 Å². The zero-order valence-electron chi connectivity index (χ0n) is 21.3. The number of ether oxygens (including phenoxy) is 1. The van der Waals surface area contributed by atoms with E-state index in [0.717, 1.165) is 66.7 Å². The average molecular weight is 485 g/mol. The maximum absolute atomic E-state index is 9.71. The highest BCUT2D eigenvalue weighted by atomic mass is 16.5. The van der Waals surface area contributed by atoms with E-state index in [1.165, 1.54) is 11.1 Å². The molecule has 1 saturated heterocycles. The van der Waals surface area contributed by atoms with Crippen molar-refractivity contribution >= 4 is 17.6 Å². The Hall–Kier alpha value is -4.06. The molecule has 2 aliphatic heterocycles. The molecule has 0 saturated carbocycles. The molecule has 186 valence electrons. The summed E-state index contributed by atoms with van der Waals surface area (Å²) in [4.78, 5) is 7.30. The second-order valence-electron chi connectivity index (χ2n) is 9.62. The lowest BCUT2D eigenvalue weighted by Crippen LogP contribution is -2.40. The van der Waals surface area contributed by atoms with Gasteiger partial charge in [-0.1, -0.05) is 6.92 Å². The Morgan fingerprint density at radius 3 is 2.69 bits per heavy atom. The molecule has 3 aromatic rings. The van der Waals surface area contributed by atoms with Gasteiger partial charge in [-0.05, 0) is 62.1 Å². The minimum atomic E-state index is -0.207. The summed E-state index contributed by atoms with van der Waals surface area (Å²) in [6.07, 6.45) is 8.50. The number of aromatic nitrogens is 4. The second-order valence-corrected chi connectivity index (χ2v) is 9.62. The van der Waals surface area contributed by atoms with Gasteiger partial charge in [-0.15, -0.1) is 10.2 Å². The highest BCUT2D eigenvalue weighted by Gasteiger charge is 2.34. The van der Waals surface area contributed by atoms with E-state index in [-0.39, 0.29) is 5.41 Å². The Morgan fingerprint density at radius 1 is 1.22 bits per heavy atom. The van der Waals surface area contributed by atoms with Crippen LogP contribution in [0.2, 0.25) is 0 Å². The Labute approximate surface area is 212 Å². The third kappa shape index (κ3) is 4.35. The number of methoxy groups -OCH3 is 1. The van der Waals surface area contributed by atoms with Gasteiger partial charge in [0, 0.05) is 43.2 Å². The molecule has 36 heavy (non-hydrogen) atoms. The van der Waals surface area contributed by atoms with E-state index < -0.39 is 0 Å². The predicted octanol–water partition coefficient (Wildman–Crippen LogP) is 4.53. The first kappa shape index (κ1) is 23.7. The molecule has 9 heteroatoms. The van der Waals surface area contributed by atoms with E-state index in [2.05, 4.69) is 56.9 Å². The maximum atomic E-state index is 9.71. The van der Waals surface area contributed by atoms with Gasteiger partial charge in [0.05, 0.1) is 30.8 Å². The van der Waals surface area contributed by atoms with Crippen LogP contribution >= 0.6 is 0 Å². The van der Waals surface area contributed by atoms with Gasteiger partial charge in [0.15, 0.2) is 5.82 Å². The number of piperidine rings is 1. The van der Waals surface area contributed by atoms with Crippen molar-refractivity contribution in [2.75, 3.05) is 30.5 Å². The highest BCUT2D eigenvalue weighted by molar-refractivity contribution is 5.68. The molecule has 2 aliphatic rings. The Bertz CT molecular complexity index is 1330. The molecular weight excluding hydrogens is 452 g/mol. The monoisotopic (exact) mass is 484 g/mol. The number of hydrogen-bond donors (Lipinski definition) is 1. The van der Waals surface area contributed by atoms with Crippen LogP contribution in [-0.2, 0) is 13.6 Å². The van der Waals surface area contributed by atoms with E-state index in [1.54, 1.807) is 13.4 Å². The molecule has 0 aliphatic carbocycles. The van der Waals surface area contributed by atoms with Gasteiger partial charge in [0.2, 0.25) is 0 Å². The Balaban J connectivity index is 1.38. The van der Waals surface area contributed by atoms with Crippen LogP contribution in [0.25, 0.3) is 17.5 Å². The summed E-state index contributed by atoms with van der Waals surface area (Å²) in [7, 11) is 3.59. The van der Waals surface area contributed by atoms with Gasteiger partial charge in [-0.3, -0.25) is 10.4 Å². The summed E-state index contributed by atoms with van der Waals surface area (Å²) in [6, 6.07) is 10.7. The molecule has 4 heterocycles. The van der Waals surface area contributed by atoms with E-state index >= 15 is 0 Å². The van der Waals surface area contributed by atoms with E-state index in [1.807, 2.05) is 36.7 Å². The van der Waals surface area contributed by atoms with Crippen molar-refractivity contribution in [3.8, 4) is 23.2 Å². The summed E-state index contributed by atoms with van der Waals surface area (Å²) < 4.78 is 7.57. The SMILES string of the molecule is CCC1(C#N)CCN(c2nc(C)cc3c2CN(Nc2ccc(-c4nncn4C)cc2OC)C=C3)CC1.